The molecule has 1 nitrogen and oxygen atoms in total. The zero-order valence-corrected chi connectivity index (χ0v) is 11.7. The standard InChI is InChI=1S/C13H13Cl2NS/c1-13(16,8-9-6-7-12(15)17-9)10-4-2-3-5-11(10)14/h2-7H,8,16H2,1H3. The molecule has 90 valence electrons. The first-order valence-electron chi connectivity index (χ1n) is 5.27. The van der Waals surface area contributed by atoms with E-state index in [4.69, 9.17) is 28.9 Å². The molecule has 0 amide bonds. The summed E-state index contributed by atoms with van der Waals surface area (Å²) in [5, 5.41) is 0.708. The Kier molecular flexibility index (Phi) is 3.79. The Balaban J connectivity index is 2.27. The topological polar surface area (TPSA) is 26.0 Å². The van der Waals surface area contributed by atoms with E-state index in [1.165, 1.54) is 4.88 Å². The van der Waals surface area contributed by atoms with E-state index in [1.807, 2.05) is 43.3 Å². The monoisotopic (exact) mass is 285 g/mol. The van der Waals surface area contributed by atoms with Crippen LogP contribution in [0.2, 0.25) is 9.36 Å². The van der Waals surface area contributed by atoms with E-state index < -0.39 is 5.54 Å². The van der Waals surface area contributed by atoms with Gasteiger partial charge in [0, 0.05) is 21.9 Å². The van der Waals surface area contributed by atoms with Gasteiger partial charge >= 0.3 is 0 Å². The van der Waals surface area contributed by atoms with Crippen molar-refractivity contribution in [3.8, 4) is 0 Å². The quantitative estimate of drug-likeness (QED) is 0.885. The minimum absolute atomic E-state index is 0.480. The Bertz CT molecular complexity index is 520. The van der Waals surface area contributed by atoms with Gasteiger partial charge in [-0.1, -0.05) is 41.4 Å². The second-order valence-electron chi connectivity index (χ2n) is 4.28. The molecule has 0 aliphatic carbocycles. The van der Waals surface area contributed by atoms with Crippen molar-refractivity contribution in [2.75, 3.05) is 0 Å². The average Bonchev–Trinajstić information content (AvgIpc) is 2.63. The molecule has 0 fully saturated rings. The minimum atomic E-state index is -0.480. The molecule has 0 aliphatic heterocycles. The summed E-state index contributed by atoms with van der Waals surface area (Å²) in [5.41, 5.74) is 6.84. The van der Waals surface area contributed by atoms with Crippen molar-refractivity contribution in [2.24, 2.45) is 5.73 Å². The summed E-state index contributed by atoms with van der Waals surface area (Å²) in [6.07, 6.45) is 0.730. The third kappa shape index (κ3) is 3.02. The van der Waals surface area contributed by atoms with Gasteiger partial charge in [-0.2, -0.15) is 0 Å². The van der Waals surface area contributed by atoms with Crippen LogP contribution in [0.5, 0.6) is 0 Å². The fourth-order valence-corrected chi connectivity index (χ4v) is 3.43. The van der Waals surface area contributed by atoms with Crippen molar-refractivity contribution in [3.63, 3.8) is 0 Å². The molecule has 0 saturated carbocycles. The highest BCUT2D eigenvalue weighted by atomic mass is 35.5. The molecule has 2 N–H and O–H groups in total. The van der Waals surface area contributed by atoms with E-state index in [9.17, 15) is 0 Å². The number of nitrogens with two attached hydrogens (primary N) is 1. The van der Waals surface area contributed by atoms with Crippen LogP contribution in [0.25, 0.3) is 0 Å². The molecule has 0 saturated heterocycles. The third-order valence-electron chi connectivity index (χ3n) is 2.66. The predicted molar refractivity (Wildman–Crippen MR) is 76.0 cm³/mol. The SMILES string of the molecule is CC(N)(Cc1ccc(Cl)s1)c1ccccc1Cl. The Morgan fingerprint density at radius 3 is 2.47 bits per heavy atom. The summed E-state index contributed by atoms with van der Waals surface area (Å²) in [5.74, 6) is 0. The molecule has 1 aromatic carbocycles. The molecule has 0 radical (unpaired) electrons. The Hall–Kier alpha value is -0.540. The number of benzene rings is 1. The predicted octanol–water partition coefficient (Wildman–Crippen LogP) is 4.47. The average molecular weight is 286 g/mol. The van der Waals surface area contributed by atoms with Crippen LogP contribution >= 0.6 is 34.5 Å². The van der Waals surface area contributed by atoms with Gasteiger partial charge in [0.25, 0.3) is 0 Å². The van der Waals surface area contributed by atoms with Gasteiger partial charge in [0.05, 0.1) is 4.34 Å². The number of thiophene rings is 1. The van der Waals surface area contributed by atoms with Crippen molar-refractivity contribution >= 4 is 34.5 Å². The molecule has 1 unspecified atom stereocenters. The highest BCUT2D eigenvalue weighted by Crippen LogP contribution is 2.32. The van der Waals surface area contributed by atoms with Crippen LogP contribution in [0.15, 0.2) is 36.4 Å². The van der Waals surface area contributed by atoms with Gasteiger partial charge in [0.1, 0.15) is 0 Å². The molecule has 2 aromatic rings. The van der Waals surface area contributed by atoms with E-state index in [0.717, 1.165) is 16.3 Å². The number of hydrogen-bond donors (Lipinski definition) is 1. The van der Waals surface area contributed by atoms with E-state index in [2.05, 4.69) is 0 Å². The number of rotatable bonds is 3. The van der Waals surface area contributed by atoms with Crippen molar-refractivity contribution < 1.29 is 0 Å². The summed E-state index contributed by atoms with van der Waals surface area (Å²) in [6, 6.07) is 11.6. The summed E-state index contributed by atoms with van der Waals surface area (Å²) in [7, 11) is 0. The lowest BCUT2D eigenvalue weighted by atomic mass is 9.89. The number of halogens is 2. The Morgan fingerprint density at radius 2 is 1.88 bits per heavy atom. The van der Waals surface area contributed by atoms with Crippen molar-refractivity contribution in [1.82, 2.24) is 0 Å². The summed E-state index contributed by atoms with van der Waals surface area (Å²) < 4.78 is 0.787. The van der Waals surface area contributed by atoms with Crippen molar-refractivity contribution in [3.05, 3.63) is 56.2 Å². The first-order valence-corrected chi connectivity index (χ1v) is 6.84. The van der Waals surface area contributed by atoms with Crippen LogP contribution in [0.1, 0.15) is 17.4 Å². The Labute approximate surface area is 115 Å². The van der Waals surface area contributed by atoms with Gasteiger partial charge in [-0.15, -0.1) is 11.3 Å². The normalized spacial score (nSPS) is 14.6. The summed E-state index contributed by atoms with van der Waals surface area (Å²) in [4.78, 5) is 1.17. The zero-order valence-electron chi connectivity index (χ0n) is 9.41. The van der Waals surface area contributed by atoms with Crippen LogP contribution in [-0.2, 0) is 12.0 Å². The van der Waals surface area contributed by atoms with E-state index in [-0.39, 0.29) is 0 Å². The smallest absolute Gasteiger partial charge is 0.0931 e. The van der Waals surface area contributed by atoms with E-state index in [0.29, 0.717) is 5.02 Å². The van der Waals surface area contributed by atoms with Gasteiger partial charge in [-0.25, -0.2) is 0 Å². The van der Waals surface area contributed by atoms with Crippen molar-refractivity contribution in [1.29, 1.82) is 0 Å². The summed E-state index contributed by atoms with van der Waals surface area (Å²) >= 11 is 13.7. The van der Waals surface area contributed by atoms with E-state index >= 15 is 0 Å². The van der Waals surface area contributed by atoms with Crippen LogP contribution < -0.4 is 5.73 Å². The lowest BCUT2D eigenvalue weighted by molar-refractivity contribution is 0.496. The van der Waals surface area contributed by atoms with Gasteiger partial charge in [0.2, 0.25) is 0 Å². The molecule has 0 spiro atoms. The lowest BCUT2D eigenvalue weighted by Gasteiger charge is -2.25. The second kappa shape index (κ2) is 4.99. The van der Waals surface area contributed by atoms with Gasteiger partial charge in [-0.05, 0) is 30.7 Å². The van der Waals surface area contributed by atoms with Crippen LogP contribution in [0, 0.1) is 0 Å². The molecule has 0 bridgehead atoms. The van der Waals surface area contributed by atoms with Crippen molar-refractivity contribution in [2.45, 2.75) is 18.9 Å². The Morgan fingerprint density at radius 1 is 1.18 bits per heavy atom. The molecular formula is C13H13Cl2NS. The molecule has 0 aliphatic rings. The first kappa shape index (κ1) is 12.9. The molecule has 1 atom stereocenters. The highest BCUT2D eigenvalue weighted by molar-refractivity contribution is 7.16. The highest BCUT2D eigenvalue weighted by Gasteiger charge is 2.24. The maximum absolute atomic E-state index is 6.36. The zero-order chi connectivity index (χ0) is 12.5. The molecular weight excluding hydrogens is 273 g/mol. The first-order chi connectivity index (χ1) is 7.99. The van der Waals surface area contributed by atoms with Crippen LogP contribution in [0.3, 0.4) is 0 Å². The number of hydrogen-bond acceptors (Lipinski definition) is 2. The summed E-state index contributed by atoms with van der Waals surface area (Å²) in [6.45, 7) is 1.99. The molecule has 1 heterocycles. The maximum Gasteiger partial charge on any atom is 0.0931 e. The maximum atomic E-state index is 6.36. The molecule has 2 rings (SSSR count). The fourth-order valence-electron chi connectivity index (χ4n) is 1.83. The fraction of sp³-hybridized carbons (Fsp3) is 0.231. The lowest BCUT2D eigenvalue weighted by Crippen LogP contribution is -2.35. The van der Waals surface area contributed by atoms with Gasteiger partial charge in [-0.3, -0.25) is 0 Å². The minimum Gasteiger partial charge on any atom is -0.321 e. The third-order valence-corrected chi connectivity index (χ3v) is 4.22. The second-order valence-corrected chi connectivity index (χ2v) is 6.49. The molecule has 17 heavy (non-hydrogen) atoms. The molecule has 4 heteroatoms. The largest absolute Gasteiger partial charge is 0.321 e. The van der Waals surface area contributed by atoms with Gasteiger partial charge < -0.3 is 5.73 Å². The van der Waals surface area contributed by atoms with Crippen LogP contribution in [-0.4, -0.2) is 0 Å². The van der Waals surface area contributed by atoms with E-state index in [1.54, 1.807) is 11.3 Å². The molecule has 1 aromatic heterocycles. The van der Waals surface area contributed by atoms with Gasteiger partial charge in [0.15, 0.2) is 0 Å². The van der Waals surface area contributed by atoms with Crippen LogP contribution in [0.4, 0.5) is 0 Å².